The van der Waals surface area contributed by atoms with Gasteiger partial charge in [-0.05, 0) is 19.4 Å². The Hall–Kier alpha value is -2.38. The summed E-state index contributed by atoms with van der Waals surface area (Å²) in [6.45, 7) is 1.82. The summed E-state index contributed by atoms with van der Waals surface area (Å²) < 4.78 is 31.9. The molecular formula is C14H13F2N5O. The minimum Gasteiger partial charge on any atom is -0.340 e. The van der Waals surface area contributed by atoms with E-state index < -0.39 is 5.92 Å². The first kappa shape index (κ1) is 13.3. The maximum atomic E-state index is 13.3. The molecule has 4 rings (SSSR count). The lowest BCUT2D eigenvalue weighted by Gasteiger charge is -2.06. The van der Waals surface area contributed by atoms with Crippen LogP contribution in [0, 0.1) is 6.92 Å². The van der Waals surface area contributed by atoms with Crippen molar-refractivity contribution in [2.24, 2.45) is 0 Å². The molecule has 0 amide bonds. The van der Waals surface area contributed by atoms with Crippen molar-refractivity contribution in [1.82, 2.24) is 25.1 Å². The second-order valence-corrected chi connectivity index (χ2v) is 5.63. The number of halogens is 2. The maximum absolute atomic E-state index is 13.3. The van der Waals surface area contributed by atoms with Crippen molar-refractivity contribution in [2.75, 3.05) is 0 Å². The van der Waals surface area contributed by atoms with Crippen molar-refractivity contribution < 1.29 is 13.3 Å². The van der Waals surface area contributed by atoms with Gasteiger partial charge in [0.2, 0.25) is 5.92 Å². The van der Waals surface area contributed by atoms with Crippen molar-refractivity contribution >= 4 is 11.2 Å². The first-order valence-corrected chi connectivity index (χ1v) is 7.05. The maximum Gasteiger partial charge on any atom is 0.260 e. The van der Waals surface area contributed by atoms with Gasteiger partial charge in [-0.1, -0.05) is 5.16 Å². The molecule has 3 aromatic heterocycles. The lowest BCUT2D eigenvalue weighted by molar-refractivity contribution is 0.00749. The lowest BCUT2D eigenvalue weighted by Crippen LogP contribution is -2.09. The van der Waals surface area contributed by atoms with Crippen LogP contribution >= 0.6 is 0 Å². The third-order valence-electron chi connectivity index (χ3n) is 3.95. The molecule has 1 fully saturated rings. The van der Waals surface area contributed by atoms with Crippen molar-refractivity contribution in [2.45, 2.75) is 38.0 Å². The van der Waals surface area contributed by atoms with Crippen LogP contribution in [0.5, 0.6) is 0 Å². The molecule has 0 spiro atoms. The first-order chi connectivity index (χ1) is 10.5. The number of nitrogens with one attached hydrogen (secondary N) is 1. The van der Waals surface area contributed by atoms with E-state index in [0.717, 1.165) is 5.82 Å². The molecule has 114 valence electrons. The molecule has 0 bridgehead atoms. The highest BCUT2D eigenvalue weighted by Gasteiger charge is 2.42. The Morgan fingerprint density at radius 3 is 3.00 bits per heavy atom. The summed E-state index contributed by atoms with van der Waals surface area (Å²) in [6, 6.07) is 1.74. The number of hydrogen-bond donors (Lipinski definition) is 1. The van der Waals surface area contributed by atoms with Gasteiger partial charge in [-0.3, -0.25) is 0 Å². The fourth-order valence-electron chi connectivity index (χ4n) is 2.89. The Bertz CT molecular complexity index is 841. The quantitative estimate of drug-likeness (QED) is 0.786. The minimum atomic E-state index is -2.63. The molecule has 1 aliphatic carbocycles. The molecular weight excluding hydrogens is 292 g/mol. The summed E-state index contributed by atoms with van der Waals surface area (Å²) in [4.78, 5) is 15.8. The lowest BCUT2D eigenvalue weighted by atomic mass is 10.1. The average molecular weight is 305 g/mol. The van der Waals surface area contributed by atoms with Gasteiger partial charge < -0.3 is 9.51 Å². The summed E-state index contributed by atoms with van der Waals surface area (Å²) in [7, 11) is 0. The number of aromatic amines is 1. The normalized spacial score (nSPS) is 20.8. The van der Waals surface area contributed by atoms with E-state index in [1.54, 1.807) is 12.3 Å². The number of aryl methyl sites for hydroxylation is 1. The smallest absolute Gasteiger partial charge is 0.260 e. The summed E-state index contributed by atoms with van der Waals surface area (Å²) >= 11 is 0. The number of imidazole rings is 1. The number of pyridine rings is 1. The standard InChI is InChI=1S/C14H13F2N5O/c1-7-18-10-9(3-5-17-12(10)19-7)13-20-11(21-22-13)8-2-4-14(15,16)6-8/h3,5,8H,2,4,6H2,1H3,(H,17,18,19). The van der Waals surface area contributed by atoms with E-state index in [9.17, 15) is 8.78 Å². The third kappa shape index (κ3) is 2.15. The summed E-state index contributed by atoms with van der Waals surface area (Å²) in [6.07, 6.45) is 1.63. The molecule has 6 nitrogen and oxygen atoms in total. The SMILES string of the molecule is Cc1nc2nccc(-c3nc(C4CCC(F)(F)C4)no3)c2[nH]1. The van der Waals surface area contributed by atoms with Crippen LogP contribution in [0.1, 0.15) is 36.8 Å². The van der Waals surface area contributed by atoms with Crippen molar-refractivity contribution in [3.8, 4) is 11.5 Å². The molecule has 0 aliphatic heterocycles. The van der Waals surface area contributed by atoms with Crippen LogP contribution in [-0.4, -0.2) is 31.0 Å². The Morgan fingerprint density at radius 2 is 2.23 bits per heavy atom. The van der Waals surface area contributed by atoms with Gasteiger partial charge in [0.05, 0.1) is 11.1 Å². The number of fused-ring (bicyclic) bond motifs is 1. The number of H-pyrrole nitrogens is 1. The van der Waals surface area contributed by atoms with E-state index in [4.69, 9.17) is 4.52 Å². The molecule has 0 radical (unpaired) electrons. The monoisotopic (exact) mass is 305 g/mol. The van der Waals surface area contributed by atoms with Crippen LogP contribution < -0.4 is 0 Å². The van der Waals surface area contributed by atoms with Gasteiger partial charge in [-0.15, -0.1) is 0 Å². The van der Waals surface area contributed by atoms with E-state index >= 15 is 0 Å². The van der Waals surface area contributed by atoms with Crippen LogP contribution in [0.3, 0.4) is 0 Å². The molecule has 0 aromatic carbocycles. The van der Waals surface area contributed by atoms with Crippen LogP contribution in [0.15, 0.2) is 16.8 Å². The molecule has 0 saturated heterocycles. The van der Waals surface area contributed by atoms with Gasteiger partial charge >= 0.3 is 0 Å². The number of hydrogen-bond acceptors (Lipinski definition) is 5. The van der Waals surface area contributed by atoms with E-state index in [0.29, 0.717) is 34.9 Å². The van der Waals surface area contributed by atoms with E-state index in [1.165, 1.54) is 0 Å². The van der Waals surface area contributed by atoms with E-state index in [1.807, 2.05) is 6.92 Å². The summed E-state index contributed by atoms with van der Waals surface area (Å²) in [5.41, 5.74) is 1.93. The van der Waals surface area contributed by atoms with Crippen LogP contribution in [0.25, 0.3) is 22.6 Å². The van der Waals surface area contributed by atoms with Crippen molar-refractivity contribution in [1.29, 1.82) is 0 Å². The third-order valence-corrected chi connectivity index (χ3v) is 3.95. The summed E-state index contributed by atoms with van der Waals surface area (Å²) in [5, 5.41) is 3.88. The Balaban J connectivity index is 1.71. The van der Waals surface area contributed by atoms with Crippen LogP contribution in [0.2, 0.25) is 0 Å². The van der Waals surface area contributed by atoms with Gasteiger partial charge in [-0.2, -0.15) is 4.98 Å². The second-order valence-electron chi connectivity index (χ2n) is 5.63. The molecule has 3 heterocycles. The van der Waals surface area contributed by atoms with Gasteiger partial charge in [0.1, 0.15) is 5.82 Å². The zero-order valence-electron chi connectivity index (χ0n) is 11.8. The number of nitrogens with zero attached hydrogens (tertiary/aromatic N) is 4. The predicted octanol–water partition coefficient (Wildman–Crippen LogP) is 3.22. The Morgan fingerprint density at radius 1 is 1.36 bits per heavy atom. The predicted molar refractivity (Wildman–Crippen MR) is 73.5 cm³/mol. The fourth-order valence-corrected chi connectivity index (χ4v) is 2.89. The fraction of sp³-hybridized carbons (Fsp3) is 0.429. The molecule has 22 heavy (non-hydrogen) atoms. The van der Waals surface area contributed by atoms with Crippen LogP contribution in [-0.2, 0) is 0 Å². The molecule has 1 N–H and O–H groups in total. The summed E-state index contributed by atoms with van der Waals surface area (Å²) in [5.74, 6) is -1.62. The number of alkyl halides is 2. The van der Waals surface area contributed by atoms with Gasteiger partial charge in [0.25, 0.3) is 5.89 Å². The highest BCUT2D eigenvalue weighted by molar-refractivity contribution is 5.86. The van der Waals surface area contributed by atoms with Crippen molar-refractivity contribution in [3.05, 3.63) is 23.9 Å². The molecule has 1 unspecified atom stereocenters. The van der Waals surface area contributed by atoms with Gasteiger partial charge in [0, 0.05) is 25.0 Å². The largest absolute Gasteiger partial charge is 0.340 e. The van der Waals surface area contributed by atoms with Gasteiger partial charge in [-0.25, -0.2) is 18.7 Å². The molecule has 3 aromatic rings. The molecule has 1 saturated carbocycles. The van der Waals surface area contributed by atoms with E-state index in [2.05, 4.69) is 25.1 Å². The number of rotatable bonds is 2. The minimum absolute atomic E-state index is 0.124. The molecule has 8 heteroatoms. The Kier molecular flexibility index (Phi) is 2.75. The zero-order chi connectivity index (χ0) is 15.3. The Labute approximate surface area is 124 Å². The number of aromatic nitrogens is 5. The highest BCUT2D eigenvalue weighted by Crippen LogP contribution is 2.43. The van der Waals surface area contributed by atoms with Crippen molar-refractivity contribution in [3.63, 3.8) is 0 Å². The van der Waals surface area contributed by atoms with E-state index in [-0.39, 0.29) is 18.8 Å². The zero-order valence-corrected chi connectivity index (χ0v) is 11.8. The van der Waals surface area contributed by atoms with Gasteiger partial charge in [0.15, 0.2) is 11.5 Å². The molecule has 1 aliphatic rings. The topological polar surface area (TPSA) is 80.5 Å². The average Bonchev–Trinajstić information content (AvgIpc) is 3.14. The molecule has 1 atom stereocenters. The first-order valence-electron chi connectivity index (χ1n) is 7.05. The second kappa shape index (κ2) is 4.56. The van der Waals surface area contributed by atoms with Crippen LogP contribution in [0.4, 0.5) is 8.78 Å². The highest BCUT2D eigenvalue weighted by atomic mass is 19.3.